The van der Waals surface area contributed by atoms with Crippen LogP contribution in [0.25, 0.3) is 0 Å². The number of nitrogens with zero attached hydrogens (tertiary/aromatic N) is 2. The van der Waals surface area contributed by atoms with Crippen molar-refractivity contribution in [3.05, 3.63) is 30.1 Å². The maximum atomic E-state index is 12.1. The fraction of sp³-hybridized carbons (Fsp3) is 0.333. The Morgan fingerprint density at radius 3 is 2.70 bits per heavy atom. The van der Waals surface area contributed by atoms with Gasteiger partial charge in [-0.2, -0.15) is 0 Å². The molecule has 0 saturated carbocycles. The number of pyridine rings is 1. The molecule has 20 heavy (non-hydrogen) atoms. The van der Waals surface area contributed by atoms with Crippen molar-refractivity contribution in [2.75, 3.05) is 16.6 Å². The van der Waals surface area contributed by atoms with Gasteiger partial charge in [-0.15, -0.1) is 0 Å². The fourth-order valence-electron chi connectivity index (χ4n) is 1.50. The van der Waals surface area contributed by atoms with Crippen LogP contribution < -0.4 is 10.0 Å². The van der Waals surface area contributed by atoms with Crippen molar-refractivity contribution < 1.29 is 12.9 Å². The fourth-order valence-corrected chi connectivity index (χ4v) is 2.42. The number of sulfonamides is 1. The highest BCUT2D eigenvalue weighted by Gasteiger charge is 2.16. The molecule has 8 heteroatoms. The average molecular weight is 296 g/mol. The van der Waals surface area contributed by atoms with Gasteiger partial charge in [0, 0.05) is 18.8 Å². The number of aromatic nitrogens is 2. The van der Waals surface area contributed by atoms with Crippen molar-refractivity contribution in [3.8, 4) is 0 Å². The molecular formula is C12H16N4O3S. The molecule has 2 aromatic heterocycles. The molecule has 0 amide bonds. The largest absolute Gasteiger partial charge is 0.370 e. The molecule has 7 nitrogen and oxygen atoms in total. The van der Waals surface area contributed by atoms with Gasteiger partial charge in [-0.1, -0.05) is 12.1 Å². The van der Waals surface area contributed by atoms with Gasteiger partial charge in [0.2, 0.25) is 5.88 Å². The van der Waals surface area contributed by atoms with Gasteiger partial charge < -0.3 is 9.84 Å². The molecule has 2 aromatic rings. The summed E-state index contributed by atoms with van der Waals surface area (Å²) in [6.07, 6.45) is 2.26. The number of hydrogen-bond acceptors (Lipinski definition) is 6. The van der Waals surface area contributed by atoms with E-state index in [0.717, 1.165) is 13.0 Å². The van der Waals surface area contributed by atoms with E-state index in [1.807, 2.05) is 6.92 Å². The van der Waals surface area contributed by atoms with Crippen LogP contribution in [0.4, 0.5) is 11.7 Å². The highest BCUT2D eigenvalue weighted by atomic mass is 32.2. The molecule has 0 saturated heterocycles. The maximum absolute atomic E-state index is 12.1. The van der Waals surface area contributed by atoms with Crippen molar-refractivity contribution in [2.45, 2.75) is 25.2 Å². The molecule has 0 aliphatic heterocycles. The molecular weight excluding hydrogens is 280 g/mol. The number of nitrogens with one attached hydrogen (secondary N) is 2. The molecule has 0 fully saturated rings. The number of rotatable bonds is 6. The number of anilines is 2. The van der Waals surface area contributed by atoms with Crippen LogP contribution in [0.5, 0.6) is 0 Å². The lowest BCUT2D eigenvalue weighted by Gasteiger charge is -2.06. The molecule has 0 atom stereocenters. The molecule has 2 N–H and O–H groups in total. The standard InChI is InChI=1S/C12H16N4O3S/c1-3-6-13-11-5-4-10(8-14-11)20(17,18)16-12-7-9(2)15-19-12/h4-5,7-8,16H,3,6H2,1-2H3,(H,13,14). The van der Waals surface area contributed by atoms with E-state index >= 15 is 0 Å². The molecule has 108 valence electrons. The van der Waals surface area contributed by atoms with Crippen LogP contribution in [0.2, 0.25) is 0 Å². The van der Waals surface area contributed by atoms with E-state index in [-0.39, 0.29) is 10.8 Å². The van der Waals surface area contributed by atoms with E-state index in [9.17, 15) is 8.42 Å². The normalized spacial score (nSPS) is 11.3. The summed E-state index contributed by atoms with van der Waals surface area (Å²) in [6, 6.07) is 4.61. The van der Waals surface area contributed by atoms with Gasteiger partial charge in [0.1, 0.15) is 10.7 Å². The Balaban J connectivity index is 2.13. The van der Waals surface area contributed by atoms with E-state index in [0.29, 0.717) is 11.5 Å². The second-order valence-electron chi connectivity index (χ2n) is 4.24. The van der Waals surface area contributed by atoms with Gasteiger partial charge in [0.15, 0.2) is 0 Å². The van der Waals surface area contributed by atoms with E-state index in [2.05, 4.69) is 20.2 Å². The summed E-state index contributed by atoms with van der Waals surface area (Å²) in [7, 11) is -3.71. The molecule has 2 heterocycles. The highest BCUT2D eigenvalue weighted by Crippen LogP contribution is 2.17. The topological polar surface area (TPSA) is 97.1 Å². The van der Waals surface area contributed by atoms with Crippen LogP contribution in [-0.4, -0.2) is 25.1 Å². The highest BCUT2D eigenvalue weighted by molar-refractivity contribution is 7.92. The van der Waals surface area contributed by atoms with Gasteiger partial charge in [-0.3, -0.25) is 0 Å². The van der Waals surface area contributed by atoms with Crippen LogP contribution in [0.3, 0.4) is 0 Å². The average Bonchev–Trinajstić information content (AvgIpc) is 2.81. The molecule has 0 unspecified atom stereocenters. The van der Waals surface area contributed by atoms with Crippen LogP contribution in [0.1, 0.15) is 19.0 Å². The van der Waals surface area contributed by atoms with Crippen molar-refractivity contribution in [3.63, 3.8) is 0 Å². The Bertz CT molecular complexity index is 664. The SMILES string of the molecule is CCCNc1ccc(S(=O)(=O)Nc2cc(C)no2)cn1. The van der Waals surface area contributed by atoms with E-state index in [4.69, 9.17) is 4.52 Å². The zero-order valence-corrected chi connectivity index (χ0v) is 12.1. The van der Waals surface area contributed by atoms with Gasteiger partial charge in [-0.25, -0.2) is 18.1 Å². The Labute approximate surface area is 117 Å². The second-order valence-corrected chi connectivity index (χ2v) is 5.93. The lowest BCUT2D eigenvalue weighted by molar-refractivity contribution is 0.430. The van der Waals surface area contributed by atoms with Crippen molar-refractivity contribution >= 4 is 21.7 Å². The van der Waals surface area contributed by atoms with Crippen LogP contribution in [0.15, 0.2) is 33.8 Å². The van der Waals surface area contributed by atoms with Gasteiger partial charge in [0.25, 0.3) is 10.0 Å². The second kappa shape index (κ2) is 5.91. The third-order valence-electron chi connectivity index (χ3n) is 2.47. The first-order chi connectivity index (χ1) is 9.51. The lowest BCUT2D eigenvalue weighted by Crippen LogP contribution is -2.13. The number of hydrogen-bond donors (Lipinski definition) is 2. The van der Waals surface area contributed by atoms with Crippen LogP contribution in [-0.2, 0) is 10.0 Å². The summed E-state index contributed by atoms with van der Waals surface area (Å²) in [5.74, 6) is 0.719. The molecule has 0 radical (unpaired) electrons. The predicted molar refractivity (Wildman–Crippen MR) is 75.1 cm³/mol. The Hall–Kier alpha value is -2.09. The first-order valence-electron chi connectivity index (χ1n) is 6.17. The van der Waals surface area contributed by atoms with Crippen LogP contribution in [0, 0.1) is 6.92 Å². The van der Waals surface area contributed by atoms with E-state index < -0.39 is 10.0 Å². The third kappa shape index (κ3) is 3.47. The summed E-state index contributed by atoms with van der Waals surface area (Å²) in [5.41, 5.74) is 0.597. The smallest absolute Gasteiger partial charge is 0.265 e. The minimum Gasteiger partial charge on any atom is -0.370 e. The van der Waals surface area contributed by atoms with E-state index in [1.54, 1.807) is 13.0 Å². The summed E-state index contributed by atoms with van der Waals surface area (Å²) >= 11 is 0. The van der Waals surface area contributed by atoms with Crippen molar-refractivity contribution in [1.29, 1.82) is 0 Å². The first kappa shape index (κ1) is 14.3. The molecule has 2 rings (SSSR count). The summed E-state index contributed by atoms with van der Waals surface area (Å²) in [5, 5.41) is 6.69. The quantitative estimate of drug-likeness (QED) is 0.846. The molecule has 0 aliphatic carbocycles. The Kier molecular flexibility index (Phi) is 4.23. The first-order valence-corrected chi connectivity index (χ1v) is 7.65. The van der Waals surface area contributed by atoms with Crippen molar-refractivity contribution in [2.24, 2.45) is 0 Å². The van der Waals surface area contributed by atoms with E-state index in [1.165, 1.54) is 18.3 Å². The van der Waals surface area contributed by atoms with Gasteiger partial charge in [-0.05, 0) is 25.5 Å². The molecule has 0 aromatic carbocycles. The zero-order chi connectivity index (χ0) is 14.6. The lowest BCUT2D eigenvalue weighted by atomic mass is 10.4. The van der Waals surface area contributed by atoms with Gasteiger partial charge >= 0.3 is 0 Å². The molecule has 0 spiro atoms. The number of aryl methyl sites for hydroxylation is 1. The van der Waals surface area contributed by atoms with Gasteiger partial charge in [0.05, 0.1) is 5.69 Å². The van der Waals surface area contributed by atoms with Crippen molar-refractivity contribution in [1.82, 2.24) is 10.1 Å². The summed E-state index contributed by atoms with van der Waals surface area (Å²) in [6.45, 7) is 4.53. The minimum absolute atomic E-state index is 0.0635. The minimum atomic E-state index is -3.71. The third-order valence-corrected chi connectivity index (χ3v) is 3.80. The Morgan fingerprint density at radius 2 is 2.15 bits per heavy atom. The van der Waals surface area contributed by atoms with Crippen LogP contribution >= 0.6 is 0 Å². The zero-order valence-electron chi connectivity index (χ0n) is 11.3. The molecule has 0 aliphatic rings. The monoisotopic (exact) mass is 296 g/mol. The maximum Gasteiger partial charge on any atom is 0.265 e. The summed E-state index contributed by atoms with van der Waals surface area (Å²) < 4.78 is 31.3. The molecule has 0 bridgehead atoms. The predicted octanol–water partition coefficient (Wildman–Crippen LogP) is 2.00. The summed E-state index contributed by atoms with van der Waals surface area (Å²) in [4.78, 5) is 4.12. The Morgan fingerprint density at radius 1 is 1.35 bits per heavy atom.